The van der Waals surface area contributed by atoms with Crippen molar-refractivity contribution in [2.75, 3.05) is 26.6 Å². The van der Waals surface area contributed by atoms with Gasteiger partial charge in [-0.3, -0.25) is 14.3 Å². The van der Waals surface area contributed by atoms with Gasteiger partial charge in [0.25, 0.3) is 5.91 Å². The molecule has 2 rings (SSSR count). The number of esters is 1. The lowest BCUT2D eigenvalue weighted by molar-refractivity contribution is -0.152. The highest BCUT2D eigenvalue weighted by atomic mass is 16.5. The number of benzene rings is 1. The number of nitrogens with zero attached hydrogens (tertiary/aromatic N) is 2. The summed E-state index contributed by atoms with van der Waals surface area (Å²) in [4.78, 5) is 24.8. The summed E-state index contributed by atoms with van der Waals surface area (Å²) in [6.45, 7) is 5.16. The Morgan fingerprint density at radius 3 is 2.14 bits per heavy atom. The lowest BCUT2D eigenvalue weighted by atomic mass is 10.1. The Labute approximate surface area is 169 Å². The van der Waals surface area contributed by atoms with Crippen LogP contribution in [0.5, 0.6) is 17.2 Å². The van der Waals surface area contributed by atoms with E-state index >= 15 is 0 Å². The van der Waals surface area contributed by atoms with Gasteiger partial charge in [-0.15, -0.1) is 0 Å². The molecule has 1 aromatic carbocycles. The Hall–Kier alpha value is -3.23. The normalized spacial score (nSPS) is 11.6. The SMILES string of the molecule is COc1cc(CC(=O)O[C@@H](C)C(=O)Nc2c(C)nn(C)c2C)cc(OC)c1OC. The van der Waals surface area contributed by atoms with Crippen molar-refractivity contribution in [2.45, 2.75) is 33.3 Å². The second-order valence-electron chi connectivity index (χ2n) is 6.50. The van der Waals surface area contributed by atoms with Gasteiger partial charge < -0.3 is 24.3 Å². The van der Waals surface area contributed by atoms with Gasteiger partial charge in [0, 0.05) is 7.05 Å². The number of amides is 1. The van der Waals surface area contributed by atoms with E-state index in [2.05, 4.69) is 10.4 Å². The molecule has 158 valence electrons. The number of rotatable bonds is 8. The maximum Gasteiger partial charge on any atom is 0.311 e. The third kappa shape index (κ3) is 4.98. The molecule has 9 heteroatoms. The summed E-state index contributed by atoms with van der Waals surface area (Å²) >= 11 is 0. The van der Waals surface area contributed by atoms with E-state index in [9.17, 15) is 9.59 Å². The van der Waals surface area contributed by atoms with Crippen LogP contribution in [0.25, 0.3) is 0 Å². The predicted octanol–water partition coefficient (Wildman–Crippen LogP) is 2.18. The zero-order chi connectivity index (χ0) is 21.7. The Kier molecular flexibility index (Phi) is 7.08. The van der Waals surface area contributed by atoms with Gasteiger partial charge in [0.05, 0.1) is 44.8 Å². The third-order valence-electron chi connectivity index (χ3n) is 4.51. The van der Waals surface area contributed by atoms with Gasteiger partial charge >= 0.3 is 5.97 Å². The minimum absolute atomic E-state index is 0.0563. The number of ether oxygens (including phenoxy) is 4. The zero-order valence-corrected chi connectivity index (χ0v) is 17.8. The molecule has 0 bridgehead atoms. The van der Waals surface area contributed by atoms with Crippen molar-refractivity contribution in [1.82, 2.24) is 9.78 Å². The van der Waals surface area contributed by atoms with E-state index in [1.165, 1.54) is 28.3 Å². The number of hydrogen-bond donors (Lipinski definition) is 1. The number of carbonyl (C=O) groups excluding carboxylic acids is 2. The third-order valence-corrected chi connectivity index (χ3v) is 4.51. The molecule has 0 spiro atoms. The van der Waals surface area contributed by atoms with E-state index in [-0.39, 0.29) is 6.42 Å². The summed E-state index contributed by atoms with van der Waals surface area (Å²) in [6.07, 6.45) is -1.03. The summed E-state index contributed by atoms with van der Waals surface area (Å²) in [6, 6.07) is 3.32. The van der Waals surface area contributed by atoms with Crippen molar-refractivity contribution in [3.8, 4) is 17.2 Å². The smallest absolute Gasteiger partial charge is 0.311 e. The maximum atomic E-state index is 12.4. The maximum absolute atomic E-state index is 12.4. The van der Waals surface area contributed by atoms with Gasteiger partial charge in [-0.1, -0.05) is 0 Å². The lowest BCUT2D eigenvalue weighted by Gasteiger charge is -2.16. The van der Waals surface area contributed by atoms with Crippen LogP contribution in [0.2, 0.25) is 0 Å². The molecule has 0 radical (unpaired) electrons. The van der Waals surface area contributed by atoms with Crippen LogP contribution >= 0.6 is 0 Å². The number of anilines is 1. The quantitative estimate of drug-likeness (QED) is 0.672. The van der Waals surface area contributed by atoms with Gasteiger partial charge in [-0.05, 0) is 38.5 Å². The predicted molar refractivity (Wildman–Crippen MR) is 107 cm³/mol. The summed E-state index contributed by atoms with van der Waals surface area (Å²) in [7, 11) is 6.28. The van der Waals surface area contributed by atoms with E-state index in [1.807, 2.05) is 6.92 Å². The molecule has 0 unspecified atom stereocenters. The zero-order valence-electron chi connectivity index (χ0n) is 17.8. The van der Waals surface area contributed by atoms with E-state index < -0.39 is 18.0 Å². The van der Waals surface area contributed by atoms with E-state index in [1.54, 1.807) is 30.8 Å². The van der Waals surface area contributed by atoms with Crippen LogP contribution in [0.1, 0.15) is 23.9 Å². The van der Waals surface area contributed by atoms with Crippen LogP contribution < -0.4 is 19.5 Å². The molecule has 0 aliphatic heterocycles. The topological polar surface area (TPSA) is 101 Å². The summed E-state index contributed by atoms with van der Waals surface area (Å²) in [5.74, 6) is 0.317. The molecule has 0 saturated carbocycles. The monoisotopic (exact) mass is 405 g/mol. The highest BCUT2D eigenvalue weighted by Gasteiger charge is 2.22. The van der Waals surface area contributed by atoms with Crippen LogP contribution in [-0.4, -0.2) is 49.1 Å². The summed E-state index contributed by atoms with van der Waals surface area (Å²) in [5.41, 5.74) is 2.72. The minimum atomic E-state index is -0.969. The molecule has 1 aromatic heterocycles. The minimum Gasteiger partial charge on any atom is -0.493 e. The number of hydrogen-bond acceptors (Lipinski definition) is 7. The average molecular weight is 405 g/mol. The molecule has 1 atom stereocenters. The first-order valence-electron chi connectivity index (χ1n) is 9.01. The number of carbonyl (C=O) groups is 2. The summed E-state index contributed by atoms with van der Waals surface area (Å²) < 4.78 is 22.8. The van der Waals surface area contributed by atoms with Crippen LogP contribution in [-0.2, 0) is 27.8 Å². The largest absolute Gasteiger partial charge is 0.493 e. The average Bonchev–Trinajstić information content (AvgIpc) is 2.92. The van der Waals surface area contributed by atoms with Crippen LogP contribution in [0, 0.1) is 13.8 Å². The first kappa shape index (κ1) is 22.1. The molecule has 0 saturated heterocycles. The van der Waals surface area contributed by atoms with Gasteiger partial charge in [0.2, 0.25) is 5.75 Å². The molecule has 1 amide bonds. The lowest BCUT2D eigenvalue weighted by Crippen LogP contribution is -2.30. The van der Waals surface area contributed by atoms with Crippen molar-refractivity contribution in [2.24, 2.45) is 7.05 Å². The Balaban J connectivity index is 2.05. The highest BCUT2D eigenvalue weighted by molar-refractivity contribution is 5.96. The fraction of sp³-hybridized carbons (Fsp3) is 0.450. The molecular formula is C20H27N3O6. The summed E-state index contributed by atoms with van der Waals surface area (Å²) in [5, 5.41) is 7.01. The standard InChI is InChI=1S/C20H27N3O6/c1-11-18(12(2)23(4)22-11)21-20(25)13(3)29-17(24)10-14-8-15(26-5)19(28-7)16(9-14)27-6/h8-9,13H,10H2,1-7H3,(H,21,25)/t13-/m0/s1. The van der Waals surface area contributed by atoms with E-state index in [0.29, 0.717) is 34.2 Å². The fourth-order valence-corrected chi connectivity index (χ4v) is 2.88. The highest BCUT2D eigenvalue weighted by Crippen LogP contribution is 2.38. The fourth-order valence-electron chi connectivity index (χ4n) is 2.88. The van der Waals surface area contributed by atoms with Gasteiger partial charge in [0.1, 0.15) is 0 Å². The van der Waals surface area contributed by atoms with Gasteiger partial charge in [0.15, 0.2) is 17.6 Å². The number of aryl methyl sites for hydroxylation is 2. The van der Waals surface area contributed by atoms with Gasteiger partial charge in [-0.25, -0.2) is 0 Å². The van der Waals surface area contributed by atoms with Crippen molar-refractivity contribution in [3.63, 3.8) is 0 Å². The van der Waals surface area contributed by atoms with Crippen LogP contribution in [0.15, 0.2) is 12.1 Å². The number of nitrogens with one attached hydrogen (secondary N) is 1. The second-order valence-corrected chi connectivity index (χ2v) is 6.50. The van der Waals surface area contributed by atoms with Crippen molar-refractivity contribution >= 4 is 17.6 Å². The Morgan fingerprint density at radius 2 is 1.69 bits per heavy atom. The number of aromatic nitrogens is 2. The molecule has 1 heterocycles. The van der Waals surface area contributed by atoms with Crippen molar-refractivity contribution in [1.29, 1.82) is 0 Å². The molecule has 9 nitrogen and oxygen atoms in total. The molecule has 0 aliphatic rings. The van der Waals surface area contributed by atoms with Crippen molar-refractivity contribution in [3.05, 3.63) is 29.1 Å². The van der Waals surface area contributed by atoms with Crippen molar-refractivity contribution < 1.29 is 28.5 Å². The van der Waals surface area contributed by atoms with E-state index in [0.717, 1.165) is 5.69 Å². The van der Waals surface area contributed by atoms with Crippen LogP contribution in [0.3, 0.4) is 0 Å². The molecular weight excluding hydrogens is 378 g/mol. The Morgan fingerprint density at radius 1 is 1.10 bits per heavy atom. The van der Waals surface area contributed by atoms with E-state index in [4.69, 9.17) is 18.9 Å². The van der Waals surface area contributed by atoms with Gasteiger partial charge in [-0.2, -0.15) is 5.10 Å². The number of methoxy groups -OCH3 is 3. The molecule has 0 fully saturated rings. The first-order valence-corrected chi connectivity index (χ1v) is 9.01. The second kappa shape index (κ2) is 9.31. The molecule has 29 heavy (non-hydrogen) atoms. The molecule has 2 aromatic rings. The molecule has 1 N–H and O–H groups in total. The first-order chi connectivity index (χ1) is 13.7. The molecule has 0 aliphatic carbocycles. The Bertz CT molecular complexity index is 881. The van der Waals surface area contributed by atoms with Crippen LogP contribution in [0.4, 0.5) is 5.69 Å².